The predicted molar refractivity (Wildman–Crippen MR) is 64.2 cm³/mol. The molecular weight excluding hydrogens is 212 g/mol. The fourth-order valence-corrected chi connectivity index (χ4v) is 1.23. The van der Waals surface area contributed by atoms with Crippen LogP contribution in [0.1, 0.15) is 25.3 Å². The van der Waals surface area contributed by atoms with E-state index in [-0.39, 0.29) is 11.6 Å². The summed E-state index contributed by atoms with van der Waals surface area (Å²) < 4.78 is 0. The van der Waals surface area contributed by atoms with Crippen LogP contribution in [0.5, 0.6) is 5.75 Å². The van der Waals surface area contributed by atoms with Crippen molar-refractivity contribution in [1.82, 2.24) is 0 Å². The van der Waals surface area contributed by atoms with Crippen molar-refractivity contribution in [3.8, 4) is 5.75 Å². The van der Waals surface area contributed by atoms with Crippen LogP contribution in [0.3, 0.4) is 0 Å². The third kappa shape index (κ3) is 3.13. The molecule has 0 fully saturated rings. The summed E-state index contributed by atoms with van der Waals surface area (Å²) in [5.74, 6) is 0.961. The maximum absolute atomic E-state index is 9.56. The molecule has 0 unspecified atom stereocenters. The molecule has 1 rings (SSSR count). The quantitative estimate of drug-likeness (QED) is 0.473. The number of nitrogens with zero attached hydrogens (tertiary/aromatic N) is 1. The van der Waals surface area contributed by atoms with Crippen LogP contribution in [-0.4, -0.2) is 16.8 Å². The average molecular weight is 227 g/mol. The van der Waals surface area contributed by atoms with Crippen LogP contribution < -0.4 is 5.73 Å². The van der Waals surface area contributed by atoms with Gasteiger partial charge in [0.15, 0.2) is 0 Å². The normalized spacial score (nSPS) is 12.1. The van der Waals surface area contributed by atoms with Crippen molar-refractivity contribution < 1.29 is 5.11 Å². The first-order valence-electron chi connectivity index (χ1n) is 4.76. The highest BCUT2D eigenvalue weighted by Crippen LogP contribution is 2.30. The number of halogens is 1. The van der Waals surface area contributed by atoms with Gasteiger partial charge in [-0.3, -0.25) is 0 Å². The van der Waals surface area contributed by atoms with E-state index in [0.717, 1.165) is 5.56 Å². The highest BCUT2D eigenvalue weighted by atomic mass is 35.5. The van der Waals surface area contributed by atoms with Crippen LogP contribution in [-0.2, 0) is 0 Å². The zero-order valence-corrected chi connectivity index (χ0v) is 9.62. The minimum Gasteiger partial charge on any atom is -0.506 e. The Morgan fingerprint density at radius 1 is 1.53 bits per heavy atom. The van der Waals surface area contributed by atoms with Gasteiger partial charge in [-0.05, 0) is 23.6 Å². The number of hydrogen-bond acceptors (Lipinski definition) is 2. The second-order valence-corrected chi connectivity index (χ2v) is 3.91. The van der Waals surface area contributed by atoms with Gasteiger partial charge < -0.3 is 10.8 Å². The SMILES string of the molecule is CC(C)c1ccc(O)c(N=C(N)CCl)c1. The minimum absolute atomic E-state index is 0.118. The van der Waals surface area contributed by atoms with Gasteiger partial charge in [-0.2, -0.15) is 0 Å². The highest BCUT2D eigenvalue weighted by molar-refractivity contribution is 6.28. The van der Waals surface area contributed by atoms with Gasteiger partial charge in [0.05, 0.1) is 5.88 Å². The summed E-state index contributed by atoms with van der Waals surface area (Å²) >= 11 is 5.52. The molecule has 15 heavy (non-hydrogen) atoms. The molecule has 0 radical (unpaired) electrons. The number of aliphatic imine (C=N–C) groups is 1. The summed E-state index contributed by atoms with van der Waals surface area (Å²) in [5, 5.41) is 9.56. The first kappa shape index (κ1) is 11.9. The van der Waals surface area contributed by atoms with Crippen LogP contribution in [0.4, 0.5) is 5.69 Å². The summed E-state index contributed by atoms with van der Waals surface area (Å²) in [6, 6.07) is 5.31. The third-order valence-corrected chi connectivity index (χ3v) is 2.34. The Morgan fingerprint density at radius 3 is 2.73 bits per heavy atom. The molecule has 0 aliphatic rings. The predicted octanol–water partition coefficient (Wildman–Crippen LogP) is 2.74. The van der Waals surface area contributed by atoms with Gasteiger partial charge in [-0.15, -0.1) is 11.6 Å². The van der Waals surface area contributed by atoms with E-state index in [9.17, 15) is 5.11 Å². The van der Waals surface area contributed by atoms with Crippen LogP contribution in [0.2, 0.25) is 0 Å². The molecule has 0 saturated heterocycles. The van der Waals surface area contributed by atoms with Crippen molar-refractivity contribution >= 4 is 23.1 Å². The third-order valence-electron chi connectivity index (χ3n) is 2.07. The van der Waals surface area contributed by atoms with Gasteiger partial charge >= 0.3 is 0 Å². The van der Waals surface area contributed by atoms with E-state index in [1.165, 1.54) is 0 Å². The number of nitrogens with two attached hydrogens (primary N) is 1. The average Bonchev–Trinajstić information content (AvgIpc) is 2.20. The molecule has 3 N–H and O–H groups in total. The Labute approximate surface area is 94.6 Å². The summed E-state index contributed by atoms with van der Waals surface area (Å²) in [4.78, 5) is 4.03. The van der Waals surface area contributed by atoms with Crippen molar-refractivity contribution in [2.45, 2.75) is 19.8 Å². The number of benzene rings is 1. The van der Waals surface area contributed by atoms with E-state index >= 15 is 0 Å². The first-order chi connectivity index (χ1) is 7.04. The Hall–Kier alpha value is -1.22. The number of aromatic hydroxyl groups is 1. The number of phenols is 1. The molecule has 0 saturated carbocycles. The second-order valence-electron chi connectivity index (χ2n) is 3.64. The monoisotopic (exact) mass is 226 g/mol. The van der Waals surface area contributed by atoms with E-state index in [1.807, 2.05) is 12.1 Å². The van der Waals surface area contributed by atoms with Crippen molar-refractivity contribution in [2.24, 2.45) is 10.7 Å². The molecule has 0 atom stereocenters. The largest absolute Gasteiger partial charge is 0.506 e. The Balaban J connectivity index is 3.11. The van der Waals surface area contributed by atoms with E-state index in [2.05, 4.69) is 18.8 Å². The van der Waals surface area contributed by atoms with Crippen LogP contribution in [0, 0.1) is 0 Å². The number of hydrogen-bond donors (Lipinski definition) is 2. The van der Waals surface area contributed by atoms with Gasteiger partial charge in [0.25, 0.3) is 0 Å². The Kier molecular flexibility index (Phi) is 3.97. The summed E-state index contributed by atoms with van der Waals surface area (Å²) in [6.45, 7) is 4.15. The lowest BCUT2D eigenvalue weighted by Crippen LogP contribution is -2.12. The molecule has 82 valence electrons. The number of phenolic OH excluding ortho intramolecular Hbond substituents is 1. The molecule has 0 amide bonds. The molecule has 1 aromatic rings. The fraction of sp³-hybridized carbons (Fsp3) is 0.364. The van der Waals surface area contributed by atoms with Gasteiger partial charge in [0, 0.05) is 0 Å². The van der Waals surface area contributed by atoms with Gasteiger partial charge in [0.2, 0.25) is 0 Å². The number of alkyl halides is 1. The van der Waals surface area contributed by atoms with Crippen molar-refractivity contribution in [3.63, 3.8) is 0 Å². The van der Waals surface area contributed by atoms with Crippen LogP contribution in [0.15, 0.2) is 23.2 Å². The smallest absolute Gasteiger partial charge is 0.141 e. The lowest BCUT2D eigenvalue weighted by atomic mass is 10.0. The molecule has 0 aliphatic carbocycles. The van der Waals surface area contributed by atoms with Crippen molar-refractivity contribution in [2.75, 3.05) is 5.88 Å². The van der Waals surface area contributed by atoms with E-state index in [4.69, 9.17) is 17.3 Å². The van der Waals surface area contributed by atoms with E-state index in [1.54, 1.807) is 6.07 Å². The van der Waals surface area contributed by atoms with E-state index < -0.39 is 0 Å². The summed E-state index contributed by atoms with van der Waals surface area (Å²) in [6.07, 6.45) is 0. The number of rotatable bonds is 3. The van der Waals surface area contributed by atoms with Crippen LogP contribution in [0.25, 0.3) is 0 Å². The van der Waals surface area contributed by atoms with Gasteiger partial charge in [-0.25, -0.2) is 4.99 Å². The molecule has 0 aliphatic heterocycles. The van der Waals surface area contributed by atoms with Crippen LogP contribution >= 0.6 is 11.6 Å². The molecule has 3 nitrogen and oxygen atoms in total. The van der Waals surface area contributed by atoms with E-state index in [0.29, 0.717) is 17.4 Å². The molecule has 4 heteroatoms. The topological polar surface area (TPSA) is 58.6 Å². The lowest BCUT2D eigenvalue weighted by molar-refractivity contribution is 0.476. The summed E-state index contributed by atoms with van der Waals surface area (Å²) in [7, 11) is 0. The fourth-order valence-electron chi connectivity index (χ4n) is 1.17. The standard InChI is InChI=1S/C11H15ClN2O/c1-7(2)8-3-4-10(15)9(5-8)14-11(13)6-12/h3-5,7,15H,6H2,1-2H3,(H2,13,14). The Morgan fingerprint density at radius 2 is 2.20 bits per heavy atom. The zero-order valence-electron chi connectivity index (χ0n) is 8.87. The lowest BCUT2D eigenvalue weighted by Gasteiger charge is -2.07. The maximum atomic E-state index is 9.56. The maximum Gasteiger partial charge on any atom is 0.141 e. The second kappa shape index (κ2) is 5.03. The minimum atomic E-state index is 0.118. The molecule has 0 heterocycles. The summed E-state index contributed by atoms with van der Waals surface area (Å²) in [5.41, 5.74) is 7.08. The highest BCUT2D eigenvalue weighted by Gasteiger charge is 2.05. The first-order valence-corrected chi connectivity index (χ1v) is 5.30. The molecule has 0 bridgehead atoms. The van der Waals surface area contributed by atoms with Gasteiger partial charge in [-0.1, -0.05) is 19.9 Å². The molecular formula is C11H15ClN2O. The zero-order chi connectivity index (χ0) is 11.4. The molecule has 0 aromatic heterocycles. The van der Waals surface area contributed by atoms with Crippen molar-refractivity contribution in [3.05, 3.63) is 23.8 Å². The Bertz CT molecular complexity index is 375. The number of amidine groups is 1. The molecule has 0 spiro atoms. The molecule has 1 aromatic carbocycles. The van der Waals surface area contributed by atoms with Gasteiger partial charge in [0.1, 0.15) is 17.3 Å². The van der Waals surface area contributed by atoms with Crippen molar-refractivity contribution in [1.29, 1.82) is 0 Å².